The number of nitrogens with zero attached hydrogens (tertiary/aromatic N) is 3. The Bertz CT molecular complexity index is 1140. The average molecular weight is 429 g/mol. The van der Waals surface area contributed by atoms with Crippen LogP contribution < -0.4 is 4.90 Å². The maximum absolute atomic E-state index is 14.2. The minimum Gasteiger partial charge on any atom is -0.366 e. The normalized spacial score (nSPS) is 16.8. The molecule has 0 aliphatic carbocycles. The lowest BCUT2D eigenvalue weighted by atomic mass is 10.0. The van der Waals surface area contributed by atoms with Gasteiger partial charge in [-0.2, -0.15) is 0 Å². The third-order valence-corrected chi connectivity index (χ3v) is 6.29. The molecule has 3 aromatic rings. The van der Waals surface area contributed by atoms with E-state index in [-0.39, 0.29) is 17.6 Å². The molecule has 162 valence electrons. The zero-order valence-electron chi connectivity index (χ0n) is 17.7. The molecule has 6 heteroatoms. The van der Waals surface area contributed by atoms with Gasteiger partial charge < -0.3 is 14.7 Å². The van der Waals surface area contributed by atoms with Crippen molar-refractivity contribution in [2.75, 3.05) is 31.1 Å². The molecule has 5 rings (SSSR count). The number of halogens is 1. The summed E-state index contributed by atoms with van der Waals surface area (Å²) in [5.41, 5.74) is 2.96. The summed E-state index contributed by atoms with van der Waals surface area (Å²) in [7, 11) is 0. The Labute approximate surface area is 186 Å². The topological polar surface area (TPSA) is 43.9 Å². The van der Waals surface area contributed by atoms with E-state index in [1.54, 1.807) is 21.9 Å². The van der Waals surface area contributed by atoms with Crippen LogP contribution in [-0.2, 0) is 11.3 Å². The van der Waals surface area contributed by atoms with Gasteiger partial charge in [0.25, 0.3) is 5.91 Å². The highest BCUT2D eigenvalue weighted by atomic mass is 19.1. The van der Waals surface area contributed by atoms with Gasteiger partial charge in [0.2, 0.25) is 5.91 Å². The van der Waals surface area contributed by atoms with E-state index in [0.29, 0.717) is 44.0 Å². The summed E-state index contributed by atoms with van der Waals surface area (Å²) < 4.78 is 14.2. The summed E-state index contributed by atoms with van der Waals surface area (Å²) in [4.78, 5) is 32.3. The first-order valence-corrected chi connectivity index (χ1v) is 10.9. The zero-order chi connectivity index (χ0) is 22.1. The molecule has 1 atom stereocenters. The van der Waals surface area contributed by atoms with E-state index in [1.165, 1.54) is 6.07 Å². The highest BCUT2D eigenvalue weighted by Crippen LogP contribution is 2.33. The number of hydrogen-bond donors (Lipinski definition) is 0. The predicted octanol–water partition coefficient (Wildman–Crippen LogP) is 3.87. The molecule has 0 aromatic heterocycles. The van der Waals surface area contributed by atoms with Crippen LogP contribution in [0, 0.1) is 5.82 Å². The smallest absolute Gasteiger partial charge is 0.255 e. The summed E-state index contributed by atoms with van der Waals surface area (Å²) in [5, 5.41) is 0. The second-order valence-electron chi connectivity index (χ2n) is 8.17. The van der Waals surface area contributed by atoms with Crippen LogP contribution in [0.15, 0.2) is 78.9 Å². The predicted molar refractivity (Wildman–Crippen MR) is 121 cm³/mol. The third-order valence-electron chi connectivity index (χ3n) is 6.29. The molecule has 3 aromatic carbocycles. The number of amides is 2. The molecule has 0 bridgehead atoms. The quantitative estimate of drug-likeness (QED) is 0.633. The molecule has 0 spiro atoms. The fourth-order valence-electron chi connectivity index (χ4n) is 4.63. The second-order valence-corrected chi connectivity index (χ2v) is 8.17. The zero-order valence-corrected chi connectivity index (χ0v) is 17.7. The Morgan fingerprint density at radius 3 is 2.19 bits per heavy atom. The Balaban J connectivity index is 1.38. The molecule has 1 unspecified atom stereocenters. The number of fused-ring (bicyclic) bond motifs is 1. The van der Waals surface area contributed by atoms with Crippen LogP contribution in [0.2, 0.25) is 0 Å². The van der Waals surface area contributed by atoms with Gasteiger partial charge >= 0.3 is 0 Å². The van der Waals surface area contributed by atoms with Crippen LogP contribution in [-0.4, -0.2) is 47.8 Å². The van der Waals surface area contributed by atoms with E-state index in [9.17, 15) is 14.0 Å². The number of rotatable bonds is 4. The van der Waals surface area contributed by atoms with Crippen molar-refractivity contribution in [1.29, 1.82) is 0 Å². The highest BCUT2D eigenvalue weighted by Gasteiger charge is 2.39. The van der Waals surface area contributed by atoms with E-state index >= 15 is 0 Å². The van der Waals surface area contributed by atoms with Gasteiger partial charge in [-0.25, -0.2) is 4.39 Å². The number of carbonyl (C=O) groups is 2. The number of anilines is 1. The number of piperazine rings is 1. The SMILES string of the molecule is O=C(C(c1ccccc1)N1Cc2ccccc2C1=O)N1CCN(c2ccccc2F)CC1. The third kappa shape index (κ3) is 3.62. The van der Waals surface area contributed by atoms with Gasteiger partial charge in [0, 0.05) is 38.3 Å². The Morgan fingerprint density at radius 1 is 0.812 bits per heavy atom. The highest BCUT2D eigenvalue weighted by molar-refractivity contribution is 6.01. The molecule has 0 saturated carbocycles. The van der Waals surface area contributed by atoms with E-state index in [0.717, 1.165) is 11.1 Å². The fraction of sp³-hybridized carbons (Fsp3) is 0.231. The molecule has 0 N–H and O–H groups in total. The molecule has 2 amide bonds. The van der Waals surface area contributed by atoms with Gasteiger partial charge in [0.05, 0.1) is 5.69 Å². The van der Waals surface area contributed by atoms with Crippen molar-refractivity contribution in [3.05, 3.63) is 101 Å². The molecule has 2 heterocycles. The van der Waals surface area contributed by atoms with Crippen molar-refractivity contribution < 1.29 is 14.0 Å². The van der Waals surface area contributed by atoms with Crippen molar-refractivity contribution in [3.63, 3.8) is 0 Å². The molecule has 32 heavy (non-hydrogen) atoms. The molecule has 0 radical (unpaired) electrons. The van der Waals surface area contributed by atoms with Gasteiger partial charge in [0.1, 0.15) is 11.9 Å². The van der Waals surface area contributed by atoms with Crippen LogP contribution in [0.25, 0.3) is 0 Å². The van der Waals surface area contributed by atoms with Crippen molar-refractivity contribution >= 4 is 17.5 Å². The van der Waals surface area contributed by atoms with E-state index in [1.807, 2.05) is 65.6 Å². The summed E-state index contributed by atoms with van der Waals surface area (Å²) in [6.07, 6.45) is 0. The maximum atomic E-state index is 14.2. The standard InChI is InChI=1S/C26H24FN3O2/c27-22-12-6-7-13-23(22)28-14-16-29(17-15-28)26(32)24(19-8-2-1-3-9-19)30-18-20-10-4-5-11-21(20)25(30)31/h1-13,24H,14-18H2. The van der Waals surface area contributed by atoms with Gasteiger partial charge in [-0.3, -0.25) is 9.59 Å². The average Bonchev–Trinajstić information content (AvgIpc) is 3.16. The second kappa shape index (κ2) is 8.46. The van der Waals surface area contributed by atoms with Crippen molar-refractivity contribution in [3.8, 4) is 0 Å². The summed E-state index contributed by atoms with van der Waals surface area (Å²) >= 11 is 0. The van der Waals surface area contributed by atoms with E-state index in [4.69, 9.17) is 0 Å². The number of para-hydroxylation sites is 1. The van der Waals surface area contributed by atoms with Crippen molar-refractivity contribution in [2.45, 2.75) is 12.6 Å². The number of hydrogen-bond acceptors (Lipinski definition) is 3. The van der Waals surface area contributed by atoms with Gasteiger partial charge in [-0.1, -0.05) is 60.7 Å². The van der Waals surface area contributed by atoms with E-state index in [2.05, 4.69) is 0 Å². The van der Waals surface area contributed by atoms with Gasteiger partial charge in [-0.15, -0.1) is 0 Å². The summed E-state index contributed by atoms with van der Waals surface area (Å²) in [6, 6.07) is 23.0. The fourth-order valence-corrected chi connectivity index (χ4v) is 4.63. The van der Waals surface area contributed by atoms with Crippen LogP contribution in [0.1, 0.15) is 27.5 Å². The van der Waals surface area contributed by atoms with Crippen LogP contribution in [0.4, 0.5) is 10.1 Å². The molecular weight excluding hydrogens is 405 g/mol. The lowest BCUT2D eigenvalue weighted by Crippen LogP contribution is -2.52. The minimum atomic E-state index is -0.684. The minimum absolute atomic E-state index is 0.0921. The lowest BCUT2D eigenvalue weighted by molar-refractivity contribution is -0.136. The molecule has 1 saturated heterocycles. The first kappa shape index (κ1) is 20.2. The maximum Gasteiger partial charge on any atom is 0.255 e. The van der Waals surface area contributed by atoms with Crippen LogP contribution in [0.3, 0.4) is 0 Å². The van der Waals surface area contributed by atoms with Gasteiger partial charge in [0.15, 0.2) is 0 Å². The van der Waals surface area contributed by atoms with Crippen molar-refractivity contribution in [2.24, 2.45) is 0 Å². The summed E-state index contributed by atoms with van der Waals surface area (Å²) in [6.45, 7) is 2.46. The molecule has 2 aliphatic heterocycles. The number of benzene rings is 3. The Hall–Kier alpha value is -3.67. The van der Waals surface area contributed by atoms with Gasteiger partial charge in [-0.05, 0) is 29.3 Å². The van der Waals surface area contributed by atoms with E-state index < -0.39 is 6.04 Å². The molecule has 5 nitrogen and oxygen atoms in total. The van der Waals surface area contributed by atoms with Crippen LogP contribution in [0.5, 0.6) is 0 Å². The number of carbonyl (C=O) groups excluding carboxylic acids is 2. The first-order chi connectivity index (χ1) is 15.6. The Morgan fingerprint density at radius 2 is 1.47 bits per heavy atom. The lowest BCUT2D eigenvalue weighted by Gasteiger charge is -2.39. The Kier molecular flexibility index (Phi) is 5.35. The molecular formula is C26H24FN3O2. The van der Waals surface area contributed by atoms with Crippen LogP contribution >= 0.6 is 0 Å². The first-order valence-electron chi connectivity index (χ1n) is 10.9. The largest absolute Gasteiger partial charge is 0.366 e. The van der Waals surface area contributed by atoms with Crippen molar-refractivity contribution in [1.82, 2.24) is 9.80 Å². The molecule has 1 fully saturated rings. The molecule has 2 aliphatic rings. The summed E-state index contributed by atoms with van der Waals surface area (Å²) in [5.74, 6) is -0.465. The monoisotopic (exact) mass is 429 g/mol.